The summed E-state index contributed by atoms with van der Waals surface area (Å²) in [5.41, 5.74) is 3.63. The van der Waals surface area contributed by atoms with Crippen molar-refractivity contribution in [2.24, 2.45) is 0 Å². The number of aromatic nitrogens is 3. The Kier molecular flexibility index (Phi) is 4.30. The van der Waals surface area contributed by atoms with E-state index in [1.807, 2.05) is 30.7 Å². The Hall–Kier alpha value is -3.92. The molecule has 0 aliphatic heterocycles. The molecule has 3 aromatic carbocycles. The van der Waals surface area contributed by atoms with Crippen molar-refractivity contribution in [2.45, 2.75) is 5.54 Å². The monoisotopic (exact) mass is 377 g/mol. The van der Waals surface area contributed by atoms with Crippen LogP contribution in [-0.4, -0.2) is 14.5 Å². The minimum absolute atomic E-state index is 0.574. The molecule has 0 saturated heterocycles. The van der Waals surface area contributed by atoms with E-state index in [1.165, 1.54) is 6.39 Å². The van der Waals surface area contributed by atoms with E-state index in [0.717, 1.165) is 22.4 Å². The molecule has 2 aromatic heterocycles. The largest absolute Gasteiger partial charge is 0.442 e. The summed E-state index contributed by atoms with van der Waals surface area (Å²) in [6, 6.07) is 31.5. The first kappa shape index (κ1) is 17.2. The zero-order valence-corrected chi connectivity index (χ0v) is 15.7. The van der Waals surface area contributed by atoms with E-state index >= 15 is 0 Å². The van der Waals surface area contributed by atoms with Gasteiger partial charge in [0, 0.05) is 6.20 Å². The number of oxazole rings is 1. The third kappa shape index (κ3) is 2.86. The average molecular weight is 377 g/mol. The SMILES string of the molecule is c1ccc(C(c2ccccc2)(c2ccccc2)n2cnc(-c3cnco3)c2)cc1. The normalized spacial score (nSPS) is 11.4. The third-order valence-corrected chi connectivity index (χ3v) is 5.23. The highest BCUT2D eigenvalue weighted by atomic mass is 16.3. The van der Waals surface area contributed by atoms with E-state index in [-0.39, 0.29) is 0 Å². The lowest BCUT2D eigenvalue weighted by Crippen LogP contribution is -2.36. The van der Waals surface area contributed by atoms with Crippen LogP contribution < -0.4 is 0 Å². The molecule has 0 fully saturated rings. The molecule has 0 unspecified atom stereocenters. The van der Waals surface area contributed by atoms with E-state index in [0.29, 0.717) is 5.76 Å². The second-order valence-corrected chi connectivity index (χ2v) is 6.84. The van der Waals surface area contributed by atoms with Crippen molar-refractivity contribution in [3.63, 3.8) is 0 Å². The van der Waals surface area contributed by atoms with Crippen LogP contribution in [0.5, 0.6) is 0 Å². The molecule has 0 aliphatic rings. The van der Waals surface area contributed by atoms with Gasteiger partial charge < -0.3 is 8.98 Å². The van der Waals surface area contributed by atoms with Gasteiger partial charge in [0.2, 0.25) is 0 Å². The van der Waals surface area contributed by atoms with Gasteiger partial charge >= 0.3 is 0 Å². The fourth-order valence-corrected chi connectivity index (χ4v) is 3.96. The molecule has 0 radical (unpaired) electrons. The van der Waals surface area contributed by atoms with Crippen molar-refractivity contribution in [1.82, 2.24) is 14.5 Å². The Morgan fingerprint density at radius 2 is 1.21 bits per heavy atom. The van der Waals surface area contributed by atoms with Crippen LogP contribution in [0.2, 0.25) is 0 Å². The van der Waals surface area contributed by atoms with E-state index in [9.17, 15) is 0 Å². The first-order valence-electron chi connectivity index (χ1n) is 9.49. The van der Waals surface area contributed by atoms with Crippen LogP contribution in [0.4, 0.5) is 0 Å². The minimum Gasteiger partial charge on any atom is -0.442 e. The Balaban J connectivity index is 1.84. The molecule has 4 heteroatoms. The van der Waals surface area contributed by atoms with Gasteiger partial charge in [-0.3, -0.25) is 0 Å². The number of hydrogen-bond acceptors (Lipinski definition) is 3. The summed E-state index contributed by atoms with van der Waals surface area (Å²) >= 11 is 0. The first-order valence-corrected chi connectivity index (χ1v) is 9.49. The van der Waals surface area contributed by atoms with E-state index in [1.54, 1.807) is 6.20 Å². The quantitative estimate of drug-likeness (QED) is 0.386. The fraction of sp³-hybridized carbons (Fsp3) is 0.0400. The maximum absolute atomic E-state index is 5.48. The molecule has 0 N–H and O–H groups in total. The van der Waals surface area contributed by atoms with Gasteiger partial charge in [-0.25, -0.2) is 9.97 Å². The molecule has 5 aromatic rings. The second kappa shape index (κ2) is 7.24. The van der Waals surface area contributed by atoms with Crippen LogP contribution in [0.25, 0.3) is 11.5 Å². The van der Waals surface area contributed by atoms with Crippen LogP contribution in [0.3, 0.4) is 0 Å². The van der Waals surface area contributed by atoms with Gasteiger partial charge in [-0.2, -0.15) is 0 Å². The lowest BCUT2D eigenvalue weighted by Gasteiger charge is -2.37. The predicted octanol–water partition coefficient (Wildman–Crippen LogP) is 5.38. The third-order valence-electron chi connectivity index (χ3n) is 5.23. The van der Waals surface area contributed by atoms with Crippen molar-refractivity contribution >= 4 is 0 Å². The molecule has 0 bridgehead atoms. The minimum atomic E-state index is -0.574. The van der Waals surface area contributed by atoms with Gasteiger partial charge in [0.25, 0.3) is 0 Å². The average Bonchev–Trinajstić information content (AvgIpc) is 3.49. The summed E-state index contributed by atoms with van der Waals surface area (Å²) < 4.78 is 7.63. The topological polar surface area (TPSA) is 43.9 Å². The molecular weight excluding hydrogens is 358 g/mol. The molecule has 0 atom stereocenters. The van der Waals surface area contributed by atoms with Crippen molar-refractivity contribution in [1.29, 1.82) is 0 Å². The number of hydrogen-bond donors (Lipinski definition) is 0. The molecule has 0 amide bonds. The zero-order chi connectivity index (χ0) is 19.5. The number of nitrogens with zero attached hydrogens (tertiary/aromatic N) is 3. The molecule has 4 nitrogen and oxygen atoms in total. The predicted molar refractivity (Wildman–Crippen MR) is 112 cm³/mol. The Morgan fingerprint density at radius 1 is 0.690 bits per heavy atom. The molecule has 0 aliphatic carbocycles. The van der Waals surface area contributed by atoms with Crippen molar-refractivity contribution in [3.8, 4) is 11.5 Å². The number of rotatable bonds is 5. The van der Waals surface area contributed by atoms with Gasteiger partial charge in [0.05, 0.1) is 12.5 Å². The highest BCUT2D eigenvalue weighted by Crippen LogP contribution is 2.41. The Labute approximate surface area is 169 Å². The maximum Gasteiger partial charge on any atom is 0.181 e. The van der Waals surface area contributed by atoms with Gasteiger partial charge in [0.1, 0.15) is 11.2 Å². The smallest absolute Gasteiger partial charge is 0.181 e. The summed E-state index contributed by atoms with van der Waals surface area (Å²) in [6.45, 7) is 0. The summed E-state index contributed by atoms with van der Waals surface area (Å²) in [5.74, 6) is 0.645. The van der Waals surface area contributed by atoms with E-state index in [4.69, 9.17) is 4.42 Å². The van der Waals surface area contributed by atoms with Gasteiger partial charge in [0.15, 0.2) is 12.2 Å². The molecule has 0 spiro atoms. The van der Waals surface area contributed by atoms with Crippen LogP contribution in [0.15, 0.2) is 121 Å². The zero-order valence-electron chi connectivity index (χ0n) is 15.7. The van der Waals surface area contributed by atoms with Crippen LogP contribution in [0.1, 0.15) is 16.7 Å². The van der Waals surface area contributed by atoms with E-state index < -0.39 is 5.54 Å². The van der Waals surface area contributed by atoms with Gasteiger partial charge in [-0.05, 0) is 16.7 Å². The molecule has 5 rings (SSSR count). The fourth-order valence-electron chi connectivity index (χ4n) is 3.96. The molecule has 29 heavy (non-hydrogen) atoms. The van der Waals surface area contributed by atoms with Gasteiger partial charge in [-0.1, -0.05) is 91.0 Å². The highest BCUT2D eigenvalue weighted by Gasteiger charge is 2.38. The molecule has 140 valence electrons. The molecule has 2 heterocycles. The first-order chi connectivity index (χ1) is 14.4. The summed E-state index contributed by atoms with van der Waals surface area (Å²) in [7, 11) is 0. The lowest BCUT2D eigenvalue weighted by molar-refractivity contribution is 0.514. The summed E-state index contributed by atoms with van der Waals surface area (Å²) in [4.78, 5) is 8.66. The lowest BCUT2D eigenvalue weighted by atomic mass is 9.77. The summed E-state index contributed by atoms with van der Waals surface area (Å²) in [5, 5.41) is 0. The van der Waals surface area contributed by atoms with Crippen molar-refractivity contribution in [2.75, 3.05) is 0 Å². The summed E-state index contributed by atoms with van der Waals surface area (Å²) in [6.07, 6.45) is 6.99. The number of benzene rings is 3. The standard InChI is InChI=1S/C25H19N3O/c1-4-10-20(11-5-1)25(21-12-6-2-7-13-21,22-14-8-3-9-15-22)28-17-23(27-18-28)24-16-26-19-29-24/h1-19H. The maximum atomic E-state index is 5.48. The molecular formula is C25H19N3O. The van der Waals surface area contributed by atoms with E-state index in [2.05, 4.69) is 87.3 Å². The Morgan fingerprint density at radius 3 is 1.66 bits per heavy atom. The highest BCUT2D eigenvalue weighted by molar-refractivity contribution is 5.54. The van der Waals surface area contributed by atoms with Crippen LogP contribution in [-0.2, 0) is 5.54 Å². The van der Waals surface area contributed by atoms with Crippen molar-refractivity contribution in [3.05, 3.63) is 133 Å². The van der Waals surface area contributed by atoms with Crippen molar-refractivity contribution < 1.29 is 4.42 Å². The second-order valence-electron chi connectivity index (χ2n) is 6.84. The number of imidazole rings is 1. The van der Waals surface area contributed by atoms with Gasteiger partial charge in [-0.15, -0.1) is 0 Å². The van der Waals surface area contributed by atoms with Crippen LogP contribution in [0, 0.1) is 0 Å². The molecule has 0 saturated carbocycles. The Bertz CT molecular complexity index is 1080. The van der Waals surface area contributed by atoms with Crippen LogP contribution >= 0.6 is 0 Å².